The first-order chi connectivity index (χ1) is 7.55. The largest absolute Gasteiger partial charge is 0.294 e. The predicted molar refractivity (Wildman–Crippen MR) is 63.8 cm³/mol. The molecule has 0 aliphatic carbocycles. The van der Waals surface area contributed by atoms with Gasteiger partial charge in [-0.1, -0.05) is 44.4 Å². The molecule has 0 bridgehead atoms. The highest BCUT2D eigenvalue weighted by Gasteiger charge is 2.13. The lowest BCUT2D eigenvalue weighted by Gasteiger charge is -2.05. The van der Waals surface area contributed by atoms with Gasteiger partial charge in [0.15, 0.2) is 0 Å². The molecule has 0 saturated heterocycles. The van der Waals surface area contributed by atoms with Crippen molar-refractivity contribution in [3.63, 3.8) is 0 Å². The van der Waals surface area contributed by atoms with E-state index >= 15 is 0 Å². The van der Waals surface area contributed by atoms with Gasteiger partial charge in [-0.15, -0.1) is 0 Å². The summed E-state index contributed by atoms with van der Waals surface area (Å²) in [7, 11) is -4.11. The molecule has 16 heavy (non-hydrogen) atoms. The summed E-state index contributed by atoms with van der Waals surface area (Å²) in [6, 6.07) is 6.49. The highest BCUT2D eigenvalue weighted by Crippen LogP contribution is 2.19. The molecule has 0 amide bonds. The van der Waals surface area contributed by atoms with Crippen LogP contribution in [0, 0.1) is 6.42 Å². The lowest BCUT2D eigenvalue weighted by atomic mass is 10.1. The first-order valence-corrected chi connectivity index (χ1v) is 6.89. The molecule has 1 aromatic rings. The fraction of sp³-hybridized carbons (Fsp3) is 0.417. The first kappa shape index (κ1) is 13.2. The van der Waals surface area contributed by atoms with E-state index in [4.69, 9.17) is 4.55 Å². The maximum Gasteiger partial charge on any atom is 0.294 e. The molecule has 0 spiro atoms. The third-order valence-electron chi connectivity index (χ3n) is 2.37. The molecule has 3 nitrogen and oxygen atoms in total. The Balaban J connectivity index is 2.73. The summed E-state index contributed by atoms with van der Waals surface area (Å²) in [5.41, 5.74) is 0.584. The molecule has 89 valence electrons. The molecule has 1 rings (SSSR count). The summed E-state index contributed by atoms with van der Waals surface area (Å²) in [6.45, 7) is 2.12. The van der Waals surface area contributed by atoms with E-state index in [1.807, 2.05) is 6.42 Å². The van der Waals surface area contributed by atoms with Crippen molar-refractivity contribution in [2.45, 2.75) is 37.5 Å². The van der Waals surface area contributed by atoms with Crippen LogP contribution in [0.15, 0.2) is 29.2 Å². The Morgan fingerprint density at radius 3 is 2.56 bits per heavy atom. The molecule has 0 fully saturated rings. The van der Waals surface area contributed by atoms with Crippen LogP contribution < -0.4 is 0 Å². The molecule has 0 aliphatic rings. The highest BCUT2D eigenvalue weighted by molar-refractivity contribution is 7.85. The van der Waals surface area contributed by atoms with Crippen LogP contribution in [-0.4, -0.2) is 13.0 Å². The van der Waals surface area contributed by atoms with Gasteiger partial charge in [0.1, 0.15) is 0 Å². The standard InChI is InChI=1S/C12H17O3S/c1-2-3-4-5-8-11-9-6-7-10-12(11)16(13,14)15/h6-10H,2-5H2,1H3,(H,13,14,15). The average Bonchev–Trinajstić information content (AvgIpc) is 2.24. The summed E-state index contributed by atoms with van der Waals surface area (Å²) in [5, 5.41) is 0. The van der Waals surface area contributed by atoms with Crippen LogP contribution in [0.3, 0.4) is 0 Å². The number of unbranched alkanes of at least 4 members (excludes halogenated alkanes) is 3. The van der Waals surface area contributed by atoms with Crippen LogP contribution in [0.4, 0.5) is 0 Å². The van der Waals surface area contributed by atoms with E-state index in [-0.39, 0.29) is 4.90 Å². The van der Waals surface area contributed by atoms with Crippen molar-refractivity contribution in [2.24, 2.45) is 0 Å². The van der Waals surface area contributed by atoms with Gasteiger partial charge >= 0.3 is 0 Å². The quantitative estimate of drug-likeness (QED) is 0.615. The highest BCUT2D eigenvalue weighted by atomic mass is 32.2. The van der Waals surface area contributed by atoms with Crippen LogP contribution in [-0.2, 0) is 10.1 Å². The van der Waals surface area contributed by atoms with Crippen molar-refractivity contribution in [3.05, 3.63) is 36.2 Å². The van der Waals surface area contributed by atoms with Crippen molar-refractivity contribution in [2.75, 3.05) is 0 Å². The third kappa shape index (κ3) is 3.94. The Labute approximate surface area is 97.2 Å². The third-order valence-corrected chi connectivity index (χ3v) is 3.30. The van der Waals surface area contributed by atoms with Gasteiger partial charge in [0.05, 0.1) is 4.90 Å². The Bertz CT molecular complexity index is 424. The van der Waals surface area contributed by atoms with Gasteiger partial charge in [0, 0.05) is 0 Å². The van der Waals surface area contributed by atoms with E-state index in [9.17, 15) is 8.42 Å². The van der Waals surface area contributed by atoms with Crippen LogP contribution in [0.25, 0.3) is 0 Å². The average molecular weight is 241 g/mol. The molecule has 4 heteroatoms. The summed E-state index contributed by atoms with van der Waals surface area (Å²) < 4.78 is 31.2. The summed E-state index contributed by atoms with van der Waals surface area (Å²) in [4.78, 5) is -0.00787. The maximum absolute atomic E-state index is 11.1. The molecule has 0 saturated carbocycles. The zero-order valence-electron chi connectivity index (χ0n) is 9.39. The topological polar surface area (TPSA) is 54.4 Å². The lowest BCUT2D eigenvalue weighted by molar-refractivity contribution is 0.482. The minimum atomic E-state index is -4.11. The molecule has 1 radical (unpaired) electrons. The molecule has 0 aliphatic heterocycles. The second kappa shape index (κ2) is 6.01. The monoisotopic (exact) mass is 241 g/mol. The Morgan fingerprint density at radius 2 is 1.94 bits per heavy atom. The van der Waals surface area contributed by atoms with Gasteiger partial charge in [-0.05, 0) is 24.5 Å². The fourth-order valence-corrected chi connectivity index (χ4v) is 2.24. The molecular weight excluding hydrogens is 224 g/mol. The van der Waals surface area contributed by atoms with Gasteiger partial charge in [0.25, 0.3) is 10.1 Å². The summed E-state index contributed by atoms with van der Waals surface area (Å²) >= 11 is 0. The Hall–Kier alpha value is -0.870. The van der Waals surface area contributed by atoms with Gasteiger partial charge in [-0.3, -0.25) is 4.55 Å². The minimum absolute atomic E-state index is 0.00787. The number of hydrogen-bond donors (Lipinski definition) is 1. The lowest BCUT2D eigenvalue weighted by Crippen LogP contribution is -2.02. The number of hydrogen-bond acceptors (Lipinski definition) is 2. The van der Waals surface area contributed by atoms with Crippen LogP contribution in [0.1, 0.15) is 38.2 Å². The normalized spacial score (nSPS) is 11.6. The van der Waals surface area contributed by atoms with Crippen molar-refractivity contribution in [1.82, 2.24) is 0 Å². The molecule has 0 atom stereocenters. The molecule has 1 N–H and O–H groups in total. The maximum atomic E-state index is 11.1. The number of benzene rings is 1. The van der Waals surface area contributed by atoms with Crippen molar-refractivity contribution >= 4 is 10.1 Å². The van der Waals surface area contributed by atoms with Crippen LogP contribution in [0.5, 0.6) is 0 Å². The zero-order chi connectivity index (χ0) is 12.0. The van der Waals surface area contributed by atoms with E-state index in [1.165, 1.54) is 6.07 Å². The Kier molecular flexibility index (Phi) is 4.96. The van der Waals surface area contributed by atoms with Crippen molar-refractivity contribution < 1.29 is 13.0 Å². The Morgan fingerprint density at radius 1 is 1.25 bits per heavy atom. The van der Waals surface area contributed by atoms with Crippen LogP contribution in [0.2, 0.25) is 0 Å². The van der Waals surface area contributed by atoms with E-state index < -0.39 is 10.1 Å². The van der Waals surface area contributed by atoms with Crippen LogP contribution >= 0.6 is 0 Å². The minimum Gasteiger partial charge on any atom is -0.282 e. The molecular formula is C12H17O3S. The van der Waals surface area contributed by atoms with E-state index in [0.29, 0.717) is 5.56 Å². The predicted octanol–water partition coefficient (Wildman–Crippen LogP) is 3.07. The van der Waals surface area contributed by atoms with Gasteiger partial charge in [0.2, 0.25) is 0 Å². The summed E-state index contributed by atoms with van der Waals surface area (Å²) in [5.74, 6) is 0. The van der Waals surface area contributed by atoms with Crippen molar-refractivity contribution in [1.29, 1.82) is 0 Å². The summed E-state index contributed by atoms with van der Waals surface area (Å²) in [6.07, 6.45) is 5.99. The van der Waals surface area contributed by atoms with Crippen molar-refractivity contribution in [3.8, 4) is 0 Å². The number of rotatable bonds is 6. The van der Waals surface area contributed by atoms with Gasteiger partial charge in [-0.2, -0.15) is 8.42 Å². The molecule has 0 unspecified atom stereocenters. The van der Waals surface area contributed by atoms with E-state index in [2.05, 4.69) is 6.92 Å². The van der Waals surface area contributed by atoms with E-state index in [0.717, 1.165) is 25.7 Å². The second-order valence-corrected chi connectivity index (χ2v) is 5.10. The smallest absolute Gasteiger partial charge is 0.282 e. The SMILES string of the molecule is CCCCC[CH]c1ccccc1S(=O)(=O)O. The zero-order valence-corrected chi connectivity index (χ0v) is 10.2. The van der Waals surface area contributed by atoms with E-state index in [1.54, 1.807) is 18.2 Å². The van der Waals surface area contributed by atoms with Gasteiger partial charge in [-0.25, -0.2) is 0 Å². The first-order valence-electron chi connectivity index (χ1n) is 5.45. The molecule has 1 aromatic carbocycles. The van der Waals surface area contributed by atoms with Gasteiger partial charge < -0.3 is 0 Å². The molecule has 0 heterocycles. The fourth-order valence-electron chi connectivity index (χ4n) is 1.54. The molecule has 0 aromatic heterocycles. The second-order valence-electron chi connectivity index (χ2n) is 3.71.